The van der Waals surface area contributed by atoms with Crippen LogP contribution in [0.15, 0.2) is 16.6 Å². The zero-order chi connectivity index (χ0) is 12.5. The van der Waals surface area contributed by atoms with Crippen LogP contribution in [0.4, 0.5) is 0 Å². The molecule has 0 saturated carbocycles. The third-order valence-corrected chi connectivity index (χ3v) is 4.17. The molecule has 3 rings (SSSR count). The predicted octanol–water partition coefficient (Wildman–Crippen LogP) is 3.06. The first-order valence-corrected chi connectivity index (χ1v) is 7.38. The van der Waals surface area contributed by atoms with Gasteiger partial charge in [-0.25, -0.2) is 15.0 Å². The van der Waals surface area contributed by atoms with Gasteiger partial charge in [0.15, 0.2) is 0 Å². The standard InChI is InChI=1S/C10H8ClN5S2/c1-5-12-10(16-15-5)18-4-7-13-8(11)6-2-3-17-9(6)14-7/h2-3H,4H2,1H3,(H,12,15,16). The van der Waals surface area contributed by atoms with Crippen LogP contribution in [0.25, 0.3) is 10.2 Å². The van der Waals surface area contributed by atoms with Crippen LogP contribution in [0.3, 0.4) is 0 Å². The van der Waals surface area contributed by atoms with Crippen LogP contribution in [0, 0.1) is 6.92 Å². The van der Waals surface area contributed by atoms with Gasteiger partial charge >= 0.3 is 0 Å². The smallest absolute Gasteiger partial charge is 0.208 e. The van der Waals surface area contributed by atoms with Crippen LogP contribution in [0.1, 0.15) is 11.6 Å². The van der Waals surface area contributed by atoms with Crippen molar-refractivity contribution in [2.24, 2.45) is 0 Å². The minimum atomic E-state index is 0.503. The summed E-state index contributed by atoms with van der Waals surface area (Å²) in [7, 11) is 0. The van der Waals surface area contributed by atoms with Gasteiger partial charge < -0.3 is 0 Å². The number of H-pyrrole nitrogens is 1. The average Bonchev–Trinajstić information content (AvgIpc) is 2.95. The Morgan fingerprint density at radius 3 is 3.06 bits per heavy atom. The molecule has 0 aliphatic carbocycles. The maximum Gasteiger partial charge on any atom is 0.208 e. The number of aryl methyl sites for hydroxylation is 1. The minimum absolute atomic E-state index is 0.503. The van der Waals surface area contributed by atoms with Gasteiger partial charge in [0.05, 0.1) is 5.75 Å². The molecular weight excluding hydrogens is 290 g/mol. The summed E-state index contributed by atoms with van der Waals surface area (Å²) >= 11 is 9.14. The van der Waals surface area contributed by atoms with Gasteiger partial charge in [-0.1, -0.05) is 23.4 Å². The first kappa shape index (κ1) is 11.9. The molecule has 0 fully saturated rings. The Balaban J connectivity index is 1.82. The first-order chi connectivity index (χ1) is 8.72. The molecule has 3 aromatic heterocycles. The van der Waals surface area contributed by atoms with E-state index in [-0.39, 0.29) is 0 Å². The quantitative estimate of drug-likeness (QED) is 0.594. The van der Waals surface area contributed by atoms with E-state index in [0.717, 1.165) is 16.0 Å². The van der Waals surface area contributed by atoms with Crippen molar-refractivity contribution < 1.29 is 0 Å². The van der Waals surface area contributed by atoms with E-state index < -0.39 is 0 Å². The van der Waals surface area contributed by atoms with E-state index in [9.17, 15) is 0 Å². The number of nitrogens with zero attached hydrogens (tertiary/aromatic N) is 4. The van der Waals surface area contributed by atoms with Gasteiger partial charge in [0.25, 0.3) is 0 Å². The van der Waals surface area contributed by atoms with Crippen molar-refractivity contribution in [1.29, 1.82) is 0 Å². The number of thiophene rings is 1. The lowest BCUT2D eigenvalue weighted by molar-refractivity contribution is 0.965. The third kappa shape index (κ3) is 2.33. The average molecular weight is 298 g/mol. The molecular formula is C10H8ClN5S2. The molecule has 8 heteroatoms. The van der Waals surface area contributed by atoms with Crippen LogP contribution >= 0.6 is 34.7 Å². The van der Waals surface area contributed by atoms with E-state index in [1.807, 2.05) is 18.4 Å². The van der Waals surface area contributed by atoms with E-state index >= 15 is 0 Å². The Kier molecular flexibility index (Phi) is 3.19. The number of aromatic nitrogens is 5. The van der Waals surface area contributed by atoms with Crippen LogP contribution in [-0.2, 0) is 5.75 Å². The summed E-state index contributed by atoms with van der Waals surface area (Å²) in [5.74, 6) is 2.10. The lowest BCUT2D eigenvalue weighted by atomic mass is 10.4. The highest BCUT2D eigenvalue weighted by Gasteiger charge is 2.08. The number of fused-ring (bicyclic) bond motifs is 1. The Hall–Kier alpha value is -1.18. The van der Waals surface area contributed by atoms with Crippen LogP contribution < -0.4 is 0 Å². The highest BCUT2D eigenvalue weighted by atomic mass is 35.5. The highest BCUT2D eigenvalue weighted by molar-refractivity contribution is 7.98. The predicted molar refractivity (Wildman–Crippen MR) is 73.1 cm³/mol. The number of aromatic amines is 1. The van der Waals surface area contributed by atoms with E-state index in [1.54, 1.807) is 11.3 Å². The lowest BCUT2D eigenvalue weighted by Gasteiger charge is -1.99. The van der Waals surface area contributed by atoms with Gasteiger partial charge in [0, 0.05) is 5.39 Å². The van der Waals surface area contributed by atoms with Crippen molar-refractivity contribution in [2.45, 2.75) is 17.8 Å². The molecule has 18 heavy (non-hydrogen) atoms. The number of nitrogens with one attached hydrogen (secondary N) is 1. The Bertz CT molecular complexity index is 692. The molecule has 3 heterocycles. The van der Waals surface area contributed by atoms with Crippen molar-refractivity contribution in [3.63, 3.8) is 0 Å². The highest BCUT2D eigenvalue weighted by Crippen LogP contribution is 2.26. The molecule has 0 atom stereocenters. The number of rotatable bonds is 3. The van der Waals surface area contributed by atoms with E-state index in [2.05, 4.69) is 25.1 Å². The molecule has 0 spiro atoms. The fraction of sp³-hybridized carbons (Fsp3) is 0.200. The Labute approximate surface area is 116 Å². The van der Waals surface area contributed by atoms with Crippen molar-refractivity contribution >= 4 is 44.9 Å². The van der Waals surface area contributed by atoms with Crippen molar-refractivity contribution in [3.05, 3.63) is 28.2 Å². The van der Waals surface area contributed by atoms with Gasteiger partial charge in [-0.05, 0) is 18.4 Å². The van der Waals surface area contributed by atoms with E-state index in [0.29, 0.717) is 21.9 Å². The first-order valence-electron chi connectivity index (χ1n) is 5.14. The number of hydrogen-bond acceptors (Lipinski definition) is 6. The number of thioether (sulfide) groups is 1. The van der Waals surface area contributed by atoms with Gasteiger partial charge in [-0.2, -0.15) is 0 Å². The summed E-state index contributed by atoms with van der Waals surface area (Å²) in [5.41, 5.74) is 0. The molecule has 1 N–H and O–H groups in total. The molecule has 0 saturated heterocycles. The zero-order valence-electron chi connectivity index (χ0n) is 9.35. The summed E-state index contributed by atoms with van der Waals surface area (Å²) in [4.78, 5) is 13.8. The third-order valence-electron chi connectivity index (χ3n) is 2.23. The Morgan fingerprint density at radius 2 is 2.28 bits per heavy atom. The molecule has 0 aliphatic rings. The zero-order valence-corrected chi connectivity index (χ0v) is 11.7. The van der Waals surface area contributed by atoms with Crippen LogP contribution in [-0.4, -0.2) is 25.1 Å². The van der Waals surface area contributed by atoms with Gasteiger partial charge in [-0.15, -0.1) is 16.4 Å². The largest absolute Gasteiger partial charge is 0.262 e. The molecule has 92 valence electrons. The topological polar surface area (TPSA) is 67.3 Å². The molecule has 0 amide bonds. The summed E-state index contributed by atoms with van der Waals surface area (Å²) in [6.07, 6.45) is 0. The molecule has 5 nitrogen and oxygen atoms in total. The van der Waals surface area contributed by atoms with Crippen molar-refractivity contribution in [3.8, 4) is 0 Å². The van der Waals surface area contributed by atoms with Gasteiger partial charge in [0.2, 0.25) is 5.16 Å². The molecule has 0 radical (unpaired) electrons. The Morgan fingerprint density at radius 1 is 1.39 bits per heavy atom. The second kappa shape index (κ2) is 4.83. The summed E-state index contributed by atoms with van der Waals surface area (Å²) < 4.78 is 0. The number of halogens is 1. The fourth-order valence-corrected chi connectivity index (χ4v) is 3.23. The minimum Gasteiger partial charge on any atom is -0.262 e. The molecule has 0 bridgehead atoms. The van der Waals surface area contributed by atoms with Crippen molar-refractivity contribution in [2.75, 3.05) is 0 Å². The summed E-state index contributed by atoms with van der Waals surface area (Å²) in [6, 6.07) is 1.93. The lowest BCUT2D eigenvalue weighted by Crippen LogP contribution is -1.93. The molecule has 0 aliphatic heterocycles. The van der Waals surface area contributed by atoms with Crippen molar-refractivity contribution in [1.82, 2.24) is 25.1 Å². The van der Waals surface area contributed by atoms with Crippen LogP contribution in [0.2, 0.25) is 5.15 Å². The second-order valence-electron chi connectivity index (χ2n) is 3.56. The monoisotopic (exact) mass is 297 g/mol. The fourth-order valence-electron chi connectivity index (χ4n) is 1.44. The van der Waals surface area contributed by atoms with Gasteiger partial charge in [-0.3, -0.25) is 5.10 Å². The molecule has 0 aromatic carbocycles. The molecule has 3 aromatic rings. The molecule has 0 unspecified atom stereocenters. The van der Waals surface area contributed by atoms with E-state index in [1.165, 1.54) is 11.8 Å². The summed E-state index contributed by atoms with van der Waals surface area (Å²) in [5, 5.41) is 10.9. The second-order valence-corrected chi connectivity index (χ2v) is 5.76. The van der Waals surface area contributed by atoms with E-state index in [4.69, 9.17) is 11.6 Å². The maximum absolute atomic E-state index is 6.10. The van der Waals surface area contributed by atoms with Crippen LogP contribution in [0.5, 0.6) is 0 Å². The summed E-state index contributed by atoms with van der Waals surface area (Å²) in [6.45, 7) is 1.86. The maximum atomic E-state index is 6.10. The van der Waals surface area contributed by atoms with Gasteiger partial charge in [0.1, 0.15) is 21.6 Å². The SMILES string of the molecule is Cc1nc(SCc2nc(Cl)c3ccsc3n2)n[nH]1. The number of hydrogen-bond donors (Lipinski definition) is 1. The normalized spacial score (nSPS) is 11.2.